The highest BCUT2D eigenvalue weighted by atomic mass is 19.1. The molecular weight excluding hydrogens is 349 g/mol. The maximum atomic E-state index is 14.3. The van der Waals surface area contributed by atoms with Gasteiger partial charge < -0.3 is 15.3 Å². The number of benzene rings is 1. The van der Waals surface area contributed by atoms with E-state index >= 15 is 0 Å². The molecular formula is C20H20FN3O3. The van der Waals surface area contributed by atoms with E-state index in [0.29, 0.717) is 30.8 Å². The lowest BCUT2D eigenvalue weighted by Crippen LogP contribution is -2.23. The standard InChI is InChI=1S/C20H20FN3O3/c21-17-9-13(15-10-16(15)20(25)26)2-1-12(17)6-8-27-14-3-4-18(22-11-14)19-5-7-23-24-19/h1-5,9,11,15-16,23-24H,6-8,10H2,(H,25,26). The highest BCUT2D eigenvalue weighted by Gasteiger charge is 2.44. The third kappa shape index (κ3) is 3.93. The van der Waals surface area contributed by atoms with Gasteiger partial charge in [0.1, 0.15) is 11.6 Å². The Bertz CT molecular complexity index is 883. The fourth-order valence-corrected chi connectivity index (χ4v) is 3.26. The van der Waals surface area contributed by atoms with Crippen LogP contribution in [-0.4, -0.2) is 29.2 Å². The predicted octanol–water partition coefficient (Wildman–Crippen LogP) is 2.48. The number of hydrogen-bond acceptors (Lipinski definition) is 5. The van der Waals surface area contributed by atoms with Gasteiger partial charge in [-0.05, 0) is 47.7 Å². The lowest BCUT2D eigenvalue weighted by atomic mass is 10.0. The van der Waals surface area contributed by atoms with Gasteiger partial charge in [-0.2, -0.15) is 0 Å². The molecule has 0 bridgehead atoms. The molecule has 0 amide bonds. The van der Waals surface area contributed by atoms with E-state index in [4.69, 9.17) is 9.84 Å². The van der Waals surface area contributed by atoms with Crippen LogP contribution < -0.4 is 15.6 Å². The quantitative estimate of drug-likeness (QED) is 0.696. The van der Waals surface area contributed by atoms with Crippen molar-refractivity contribution >= 4 is 11.7 Å². The minimum absolute atomic E-state index is 0.0634. The van der Waals surface area contributed by atoms with Gasteiger partial charge in [0.05, 0.1) is 30.1 Å². The van der Waals surface area contributed by atoms with Crippen LogP contribution in [0.5, 0.6) is 5.75 Å². The summed E-state index contributed by atoms with van der Waals surface area (Å²) in [5.74, 6) is -0.933. The number of aromatic nitrogens is 1. The van der Waals surface area contributed by atoms with Crippen molar-refractivity contribution < 1.29 is 19.0 Å². The number of nitrogens with one attached hydrogen (secondary N) is 2. The average molecular weight is 369 g/mol. The topological polar surface area (TPSA) is 83.5 Å². The number of ether oxygens (including phenoxy) is 1. The predicted molar refractivity (Wildman–Crippen MR) is 97.4 cm³/mol. The van der Waals surface area contributed by atoms with Crippen LogP contribution in [-0.2, 0) is 11.2 Å². The van der Waals surface area contributed by atoms with Crippen molar-refractivity contribution in [2.45, 2.75) is 18.8 Å². The van der Waals surface area contributed by atoms with E-state index in [2.05, 4.69) is 15.8 Å². The van der Waals surface area contributed by atoms with Gasteiger partial charge in [-0.3, -0.25) is 9.78 Å². The number of hydrazine groups is 1. The largest absolute Gasteiger partial charge is 0.492 e. The smallest absolute Gasteiger partial charge is 0.307 e. The molecule has 1 aromatic heterocycles. The first-order valence-electron chi connectivity index (χ1n) is 8.91. The minimum atomic E-state index is -0.811. The zero-order valence-corrected chi connectivity index (χ0v) is 14.6. The Hall–Kier alpha value is -2.93. The van der Waals surface area contributed by atoms with Crippen LogP contribution in [0.3, 0.4) is 0 Å². The monoisotopic (exact) mass is 369 g/mol. The first-order chi connectivity index (χ1) is 13.1. The van der Waals surface area contributed by atoms with Crippen molar-refractivity contribution in [2.75, 3.05) is 13.2 Å². The van der Waals surface area contributed by atoms with E-state index in [-0.39, 0.29) is 17.7 Å². The second-order valence-electron chi connectivity index (χ2n) is 6.74. The molecule has 7 heteroatoms. The van der Waals surface area contributed by atoms with Gasteiger partial charge in [0, 0.05) is 13.0 Å². The number of pyridine rings is 1. The minimum Gasteiger partial charge on any atom is -0.492 e. The van der Waals surface area contributed by atoms with Crippen molar-refractivity contribution in [1.82, 2.24) is 15.8 Å². The van der Waals surface area contributed by atoms with Crippen LogP contribution in [0.4, 0.5) is 4.39 Å². The van der Waals surface area contributed by atoms with E-state index in [1.165, 1.54) is 6.07 Å². The second kappa shape index (κ2) is 7.36. The molecule has 0 spiro atoms. The van der Waals surface area contributed by atoms with Gasteiger partial charge in [0.2, 0.25) is 0 Å². The van der Waals surface area contributed by atoms with E-state index in [9.17, 15) is 9.18 Å². The maximum absolute atomic E-state index is 14.3. The van der Waals surface area contributed by atoms with Crippen LogP contribution in [0.15, 0.2) is 42.6 Å². The molecule has 2 unspecified atom stereocenters. The van der Waals surface area contributed by atoms with Crippen LogP contribution in [0.25, 0.3) is 5.70 Å². The zero-order valence-electron chi connectivity index (χ0n) is 14.6. The van der Waals surface area contributed by atoms with E-state index < -0.39 is 5.97 Å². The molecule has 1 aromatic carbocycles. The zero-order chi connectivity index (χ0) is 18.8. The molecule has 3 N–H and O–H groups in total. The number of carboxylic acid groups (broad SMARTS) is 1. The second-order valence-corrected chi connectivity index (χ2v) is 6.74. The summed E-state index contributed by atoms with van der Waals surface area (Å²) in [5, 5.41) is 8.99. The Kier molecular flexibility index (Phi) is 4.77. The molecule has 6 nitrogen and oxygen atoms in total. The number of carboxylic acids is 1. The summed E-state index contributed by atoms with van der Waals surface area (Å²) in [6, 6.07) is 8.69. The fourth-order valence-electron chi connectivity index (χ4n) is 3.26. The van der Waals surface area contributed by atoms with Crippen LogP contribution >= 0.6 is 0 Å². The Morgan fingerprint density at radius 1 is 1.33 bits per heavy atom. The lowest BCUT2D eigenvalue weighted by Gasteiger charge is -2.09. The summed E-state index contributed by atoms with van der Waals surface area (Å²) >= 11 is 0. The molecule has 1 aliphatic carbocycles. The fraction of sp³-hybridized carbons (Fsp3) is 0.300. The highest BCUT2D eigenvalue weighted by molar-refractivity contribution is 5.75. The van der Waals surface area contributed by atoms with Crippen molar-refractivity contribution in [2.24, 2.45) is 5.92 Å². The van der Waals surface area contributed by atoms with Crippen molar-refractivity contribution in [3.63, 3.8) is 0 Å². The molecule has 2 aliphatic rings. The van der Waals surface area contributed by atoms with Gasteiger partial charge in [-0.15, -0.1) is 0 Å². The molecule has 1 aliphatic heterocycles. The van der Waals surface area contributed by atoms with Crippen molar-refractivity contribution in [1.29, 1.82) is 0 Å². The number of hydrogen-bond donors (Lipinski definition) is 3. The first-order valence-corrected chi connectivity index (χ1v) is 8.91. The number of rotatable bonds is 7. The normalized spacial score (nSPS) is 20.7. The van der Waals surface area contributed by atoms with E-state index in [1.54, 1.807) is 12.3 Å². The maximum Gasteiger partial charge on any atom is 0.307 e. The molecule has 2 atom stereocenters. The molecule has 2 heterocycles. The van der Waals surface area contributed by atoms with Gasteiger partial charge in [0.25, 0.3) is 0 Å². The summed E-state index contributed by atoms with van der Waals surface area (Å²) in [6.45, 7) is 1.10. The molecule has 4 rings (SSSR count). The molecule has 2 aromatic rings. The van der Waals surface area contributed by atoms with Gasteiger partial charge in [-0.25, -0.2) is 9.82 Å². The Morgan fingerprint density at radius 2 is 2.22 bits per heavy atom. The van der Waals surface area contributed by atoms with Crippen LogP contribution in [0, 0.1) is 11.7 Å². The Balaban J connectivity index is 1.30. The highest BCUT2D eigenvalue weighted by Crippen LogP contribution is 2.47. The molecule has 140 valence electrons. The summed E-state index contributed by atoms with van der Waals surface area (Å²) in [4.78, 5) is 15.3. The van der Waals surface area contributed by atoms with Gasteiger partial charge >= 0.3 is 5.97 Å². The molecule has 0 radical (unpaired) electrons. The van der Waals surface area contributed by atoms with E-state index in [0.717, 1.165) is 23.5 Å². The Labute approximate surface area is 156 Å². The third-order valence-electron chi connectivity index (χ3n) is 4.90. The third-order valence-corrected chi connectivity index (χ3v) is 4.90. The molecule has 27 heavy (non-hydrogen) atoms. The molecule has 1 saturated carbocycles. The number of nitrogens with zero attached hydrogens (tertiary/aromatic N) is 1. The Morgan fingerprint density at radius 3 is 2.85 bits per heavy atom. The first kappa shape index (κ1) is 17.5. The molecule has 0 saturated heterocycles. The summed E-state index contributed by atoms with van der Waals surface area (Å²) < 4.78 is 19.9. The molecule has 1 fully saturated rings. The summed E-state index contributed by atoms with van der Waals surface area (Å²) in [5.41, 5.74) is 9.09. The van der Waals surface area contributed by atoms with E-state index in [1.807, 2.05) is 24.3 Å². The lowest BCUT2D eigenvalue weighted by molar-refractivity contribution is -0.138. The van der Waals surface area contributed by atoms with Gasteiger partial charge in [-0.1, -0.05) is 12.1 Å². The summed E-state index contributed by atoms with van der Waals surface area (Å²) in [7, 11) is 0. The number of halogens is 1. The van der Waals surface area contributed by atoms with Crippen LogP contribution in [0.1, 0.15) is 29.2 Å². The SMILES string of the molecule is O=C(O)C1CC1c1ccc(CCOc2ccc(C3=CCNN3)nc2)c(F)c1. The average Bonchev–Trinajstić information content (AvgIpc) is 3.30. The van der Waals surface area contributed by atoms with Crippen molar-refractivity contribution in [3.05, 3.63) is 65.2 Å². The summed E-state index contributed by atoms with van der Waals surface area (Å²) in [6.07, 6.45) is 4.67. The van der Waals surface area contributed by atoms with Gasteiger partial charge in [0.15, 0.2) is 0 Å². The van der Waals surface area contributed by atoms with Crippen LogP contribution in [0.2, 0.25) is 0 Å². The number of aliphatic carboxylic acids is 1. The van der Waals surface area contributed by atoms with Crippen molar-refractivity contribution in [3.8, 4) is 5.75 Å². The number of carbonyl (C=O) groups is 1.